The molecule has 5 nitrogen and oxygen atoms in total. The predicted molar refractivity (Wildman–Crippen MR) is 86.2 cm³/mol. The zero-order chi connectivity index (χ0) is 16.9. The molecule has 0 spiro atoms. The Bertz CT molecular complexity index is 817. The van der Waals surface area contributed by atoms with Gasteiger partial charge in [-0.2, -0.15) is 0 Å². The summed E-state index contributed by atoms with van der Waals surface area (Å²) in [6.45, 7) is 3.56. The summed E-state index contributed by atoms with van der Waals surface area (Å²) in [6, 6.07) is 10.9. The number of amides is 1. The van der Waals surface area contributed by atoms with E-state index in [4.69, 9.17) is 0 Å². The molecular weight excluding hydrogens is 319 g/mol. The molecule has 0 aliphatic heterocycles. The maximum Gasteiger partial charge on any atom is 0.255 e. The highest BCUT2D eigenvalue weighted by atomic mass is 32.2. The number of anilines is 1. The van der Waals surface area contributed by atoms with Crippen LogP contribution < -0.4 is 10.0 Å². The molecule has 0 atom stereocenters. The Kier molecular flexibility index (Phi) is 5.25. The summed E-state index contributed by atoms with van der Waals surface area (Å²) in [6.07, 6.45) is 1.44. The molecule has 2 N–H and O–H groups in total. The van der Waals surface area contributed by atoms with E-state index in [1.54, 1.807) is 0 Å². The first-order valence-corrected chi connectivity index (χ1v) is 8.18. The van der Waals surface area contributed by atoms with Crippen molar-refractivity contribution in [2.45, 2.75) is 4.90 Å². The van der Waals surface area contributed by atoms with E-state index in [2.05, 4.69) is 16.6 Å². The van der Waals surface area contributed by atoms with Gasteiger partial charge in [0, 0.05) is 17.8 Å². The lowest BCUT2D eigenvalue weighted by atomic mass is 10.2. The van der Waals surface area contributed by atoms with E-state index in [1.165, 1.54) is 48.5 Å². The van der Waals surface area contributed by atoms with Crippen LogP contribution in [0.25, 0.3) is 0 Å². The van der Waals surface area contributed by atoms with E-state index >= 15 is 0 Å². The Morgan fingerprint density at radius 1 is 1.17 bits per heavy atom. The maximum absolute atomic E-state index is 13.1. The van der Waals surface area contributed by atoms with Crippen molar-refractivity contribution in [1.82, 2.24) is 4.72 Å². The molecule has 7 heteroatoms. The minimum Gasteiger partial charge on any atom is -0.322 e. The second-order valence-corrected chi connectivity index (χ2v) is 6.40. The van der Waals surface area contributed by atoms with E-state index in [9.17, 15) is 17.6 Å². The van der Waals surface area contributed by atoms with Gasteiger partial charge < -0.3 is 5.32 Å². The Balaban J connectivity index is 2.11. The molecule has 0 heterocycles. The lowest BCUT2D eigenvalue weighted by Crippen LogP contribution is -2.23. The molecule has 2 aromatic carbocycles. The highest BCUT2D eigenvalue weighted by Crippen LogP contribution is 2.15. The number of nitrogens with one attached hydrogen (secondary N) is 2. The van der Waals surface area contributed by atoms with Crippen LogP contribution in [0.4, 0.5) is 10.1 Å². The molecule has 0 fully saturated rings. The van der Waals surface area contributed by atoms with Gasteiger partial charge >= 0.3 is 0 Å². The average Bonchev–Trinajstić information content (AvgIpc) is 2.53. The van der Waals surface area contributed by atoms with Crippen LogP contribution in [0.3, 0.4) is 0 Å². The summed E-state index contributed by atoms with van der Waals surface area (Å²) in [5.41, 5.74) is 0.580. The van der Waals surface area contributed by atoms with E-state index in [0.29, 0.717) is 5.69 Å². The number of carbonyl (C=O) groups is 1. The zero-order valence-electron chi connectivity index (χ0n) is 12.1. The maximum atomic E-state index is 13.1. The molecular formula is C16H15FN2O3S. The number of sulfonamides is 1. The van der Waals surface area contributed by atoms with Crippen molar-refractivity contribution < 1.29 is 17.6 Å². The van der Waals surface area contributed by atoms with Crippen molar-refractivity contribution in [2.24, 2.45) is 0 Å². The monoisotopic (exact) mass is 334 g/mol. The van der Waals surface area contributed by atoms with Gasteiger partial charge in [0.2, 0.25) is 10.0 Å². The zero-order valence-corrected chi connectivity index (χ0v) is 12.9. The third kappa shape index (κ3) is 4.48. The van der Waals surface area contributed by atoms with Gasteiger partial charge in [0.15, 0.2) is 0 Å². The number of hydrogen-bond donors (Lipinski definition) is 2. The van der Waals surface area contributed by atoms with Gasteiger partial charge in [-0.05, 0) is 42.5 Å². The summed E-state index contributed by atoms with van der Waals surface area (Å²) in [7, 11) is -3.61. The number of carbonyl (C=O) groups excluding carboxylic acids is 1. The van der Waals surface area contributed by atoms with E-state index < -0.39 is 21.7 Å². The minimum atomic E-state index is -3.61. The third-order valence-electron chi connectivity index (χ3n) is 2.93. The van der Waals surface area contributed by atoms with E-state index in [1.807, 2.05) is 0 Å². The Labute approximate surface area is 133 Å². The Morgan fingerprint density at radius 2 is 1.87 bits per heavy atom. The van der Waals surface area contributed by atoms with Crippen LogP contribution in [-0.4, -0.2) is 20.9 Å². The van der Waals surface area contributed by atoms with Crippen molar-refractivity contribution in [3.63, 3.8) is 0 Å². The summed E-state index contributed by atoms with van der Waals surface area (Å²) in [4.78, 5) is 12.0. The first kappa shape index (κ1) is 16.9. The van der Waals surface area contributed by atoms with Gasteiger partial charge in [-0.15, -0.1) is 6.58 Å². The number of benzene rings is 2. The van der Waals surface area contributed by atoms with Crippen LogP contribution >= 0.6 is 0 Å². The van der Waals surface area contributed by atoms with Crippen LogP contribution in [-0.2, 0) is 10.0 Å². The molecule has 0 unspecified atom stereocenters. The summed E-state index contributed by atoms with van der Waals surface area (Å²) in [5.74, 6) is -0.989. The SMILES string of the molecule is C=CCNS(=O)(=O)c1ccc(NC(=O)c2cccc(F)c2)cc1. The van der Waals surface area contributed by atoms with Crippen LogP contribution in [0, 0.1) is 5.82 Å². The molecule has 0 radical (unpaired) electrons. The topological polar surface area (TPSA) is 75.3 Å². The third-order valence-corrected chi connectivity index (χ3v) is 4.37. The molecule has 2 aromatic rings. The molecule has 1 amide bonds. The second-order valence-electron chi connectivity index (χ2n) is 4.63. The van der Waals surface area contributed by atoms with Crippen LogP contribution in [0.2, 0.25) is 0 Å². The minimum absolute atomic E-state index is 0.0723. The van der Waals surface area contributed by atoms with Crippen LogP contribution in [0.15, 0.2) is 66.1 Å². The first-order valence-electron chi connectivity index (χ1n) is 6.70. The molecule has 120 valence electrons. The fourth-order valence-electron chi connectivity index (χ4n) is 1.80. The first-order chi connectivity index (χ1) is 10.9. The normalized spacial score (nSPS) is 11.0. The number of halogens is 1. The fraction of sp³-hybridized carbons (Fsp3) is 0.0625. The quantitative estimate of drug-likeness (QED) is 0.797. The molecule has 0 aliphatic carbocycles. The Morgan fingerprint density at radius 3 is 2.48 bits per heavy atom. The molecule has 0 saturated carbocycles. The van der Waals surface area contributed by atoms with E-state index in [-0.39, 0.29) is 17.0 Å². The molecule has 2 rings (SSSR count). The molecule has 23 heavy (non-hydrogen) atoms. The highest BCUT2D eigenvalue weighted by molar-refractivity contribution is 7.89. The van der Waals surface area contributed by atoms with Gasteiger partial charge in [-0.1, -0.05) is 12.1 Å². The fourth-order valence-corrected chi connectivity index (χ4v) is 2.80. The van der Waals surface area contributed by atoms with Crippen molar-refractivity contribution in [1.29, 1.82) is 0 Å². The van der Waals surface area contributed by atoms with Crippen molar-refractivity contribution in [2.75, 3.05) is 11.9 Å². The van der Waals surface area contributed by atoms with Crippen molar-refractivity contribution in [3.8, 4) is 0 Å². The Hall–Kier alpha value is -2.51. The lowest BCUT2D eigenvalue weighted by Gasteiger charge is -2.08. The van der Waals surface area contributed by atoms with Crippen LogP contribution in [0.5, 0.6) is 0 Å². The lowest BCUT2D eigenvalue weighted by molar-refractivity contribution is 0.102. The predicted octanol–water partition coefficient (Wildman–Crippen LogP) is 2.54. The van der Waals surface area contributed by atoms with Gasteiger partial charge in [0.05, 0.1) is 4.90 Å². The van der Waals surface area contributed by atoms with Crippen LogP contribution in [0.1, 0.15) is 10.4 Å². The van der Waals surface area contributed by atoms with Gasteiger partial charge in [0.1, 0.15) is 5.82 Å². The van der Waals surface area contributed by atoms with Gasteiger partial charge in [0.25, 0.3) is 5.91 Å². The van der Waals surface area contributed by atoms with Gasteiger partial charge in [-0.25, -0.2) is 17.5 Å². The highest BCUT2D eigenvalue weighted by Gasteiger charge is 2.13. The van der Waals surface area contributed by atoms with Gasteiger partial charge in [-0.3, -0.25) is 4.79 Å². The summed E-state index contributed by atoms with van der Waals surface area (Å²) in [5, 5.41) is 2.57. The molecule has 0 aromatic heterocycles. The van der Waals surface area contributed by atoms with Crippen molar-refractivity contribution in [3.05, 3.63) is 72.6 Å². The van der Waals surface area contributed by atoms with Crippen molar-refractivity contribution >= 4 is 21.6 Å². The smallest absolute Gasteiger partial charge is 0.255 e. The molecule has 0 aliphatic rings. The molecule has 0 bridgehead atoms. The summed E-state index contributed by atoms with van der Waals surface area (Å²) >= 11 is 0. The molecule has 0 saturated heterocycles. The number of rotatable bonds is 6. The largest absolute Gasteiger partial charge is 0.322 e. The summed E-state index contributed by atoms with van der Waals surface area (Å²) < 4.78 is 39.2. The second kappa shape index (κ2) is 7.17. The van der Waals surface area contributed by atoms with E-state index in [0.717, 1.165) is 6.07 Å². The average molecular weight is 334 g/mol. The number of hydrogen-bond acceptors (Lipinski definition) is 3. The standard InChI is InChI=1S/C16H15FN2O3S/c1-2-10-18-23(21,22)15-8-6-14(7-9-15)19-16(20)12-4-3-5-13(17)11-12/h2-9,11,18H,1,10H2,(H,19,20).